The van der Waals surface area contributed by atoms with Crippen molar-refractivity contribution >= 4 is 11.9 Å². The predicted molar refractivity (Wildman–Crippen MR) is 73.1 cm³/mol. The summed E-state index contributed by atoms with van der Waals surface area (Å²) in [6.45, 7) is 4.06. The zero-order chi connectivity index (χ0) is 14.5. The molecule has 114 valence electrons. The first-order valence-electron chi connectivity index (χ1n) is 7.26. The van der Waals surface area contributed by atoms with Crippen LogP contribution in [0.15, 0.2) is 0 Å². The molecule has 20 heavy (non-hydrogen) atoms. The van der Waals surface area contributed by atoms with Crippen LogP contribution in [0.4, 0.5) is 0 Å². The van der Waals surface area contributed by atoms with Gasteiger partial charge in [-0.2, -0.15) is 0 Å². The summed E-state index contributed by atoms with van der Waals surface area (Å²) >= 11 is 0. The van der Waals surface area contributed by atoms with Gasteiger partial charge in [0.25, 0.3) is 0 Å². The second-order valence-corrected chi connectivity index (χ2v) is 5.63. The van der Waals surface area contributed by atoms with Crippen molar-refractivity contribution in [1.29, 1.82) is 0 Å². The van der Waals surface area contributed by atoms with Crippen LogP contribution in [0.3, 0.4) is 0 Å². The lowest BCUT2D eigenvalue weighted by molar-refractivity contribution is -0.160. The molecule has 0 aromatic carbocycles. The largest absolute Gasteiger partial charge is 0.468 e. The monoisotopic (exact) mass is 284 g/mol. The van der Waals surface area contributed by atoms with Crippen molar-refractivity contribution in [3.8, 4) is 0 Å². The molecule has 2 aliphatic heterocycles. The highest BCUT2D eigenvalue weighted by Gasteiger charge is 2.36. The minimum atomic E-state index is -0.783. The summed E-state index contributed by atoms with van der Waals surface area (Å²) in [6.07, 6.45) is 2.69. The number of fused-ring (bicyclic) bond motifs is 1. The summed E-state index contributed by atoms with van der Waals surface area (Å²) in [5, 5.41) is 3.40. The minimum absolute atomic E-state index is 0.354. The maximum Gasteiger partial charge on any atom is 0.320 e. The SMILES string of the molecule is COC(=O)C(CC1CCC2CNCCN2C1)C(=O)OC. The van der Waals surface area contributed by atoms with Gasteiger partial charge in [0, 0.05) is 32.2 Å². The molecule has 6 heteroatoms. The second kappa shape index (κ2) is 7.04. The third-order valence-electron chi connectivity index (χ3n) is 4.41. The van der Waals surface area contributed by atoms with Crippen LogP contribution in [0.5, 0.6) is 0 Å². The molecule has 0 aliphatic carbocycles. The van der Waals surface area contributed by atoms with Crippen LogP contribution in [-0.2, 0) is 19.1 Å². The standard InChI is InChI=1S/C14H24N2O4/c1-19-13(17)12(14(18)20-2)7-10-3-4-11-8-15-5-6-16(11)9-10/h10-12,15H,3-9H2,1-2H3. The van der Waals surface area contributed by atoms with E-state index in [1.807, 2.05) is 0 Å². The number of nitrogens with zero attached hydrogens (tertiary/aromatic N) is 1. The molecule has 0 spiro atoms. The lowest BCUT2D eigenvalue weighted by Crippen LogP contribution is -2.55. The Hall–Kier alpha value is -1.14. The molecule has 0 radical (unpaired) electrons. The summed E-state index contributed by atoms with van der Waals surface area (Å²) in [6, 6.07) is 0.606. The molecule has 1 N–H and O–H groups in total. The predicted octanol–water partition coefficient (Wildman–Crippen LogP) is 0.0225. The first-order chi connectivity index (χ1) is 9.65. The molecule has 2 atom stereocenters. The van der Waals surface area contributed by atoms with Gasteiger partial charge in [0.05, 0.1) is 14.2 Å². The van der Waals surface area contributed by atoms with Crippen molar-refractivity contribution in [2.45, 2.75) is 25.3 Å². The number of piperidine rings is 1. The summed E-state index contributed by atoms with van der Waals surface area (Å²) < 4.78 is 9.44. The van der Waals surface area contributed by atoms with E-state index >= 15 is 0 Å². The van der Waals surface area contributed by atoms with E-state index in [0.29, 0.717) is 18.4 Å². The third-order valence-corrected chi connectivity index (χ3v) is 4.41. The first kappa shape index (κ1) is 15.3. The smallest absolute Gasteiger partial charge is 0.320 e. The molecule has 6 nitrogen and oxygen atoms in total. The Bertz CT molecular complexity index is 345. The maximum absolute atomic E-state index is 11.7. The number of piperazine rings is 1. The van der Waals surface area contributed by atoms with Gasteiger partial charge in [0.2, 0.25) is 0 Å². The van der Waals surface area contributed by atoms with Gasteiger partial charge in [-0.15, -0.1) is 0 Å². The second-order valence-electron chi connectivity index (χ2n) is 5.63. The molecule has 2 aliphatic rings. The zero-order valence-electron chi connectivity index (χ0n) is 12.3. The fourth-order valence-electron chi connectivity index (χ4n) is 3.28. The number of carbonyl (C=O) groups excluding carboxylic acids is 2. The minimum Gasteiger partial charge on any atom is -0.468 e. The van der Waals surface area contributed by atoms with Gasteiger partial charge in [-0.1, -0.05) is 0 Å². The number of methoxy groups -OCH3 is 2. The van der Waals surface area contributed by atoms with Crippen molar-refractivity contribution in [2.75, 3.05) is 40.4 Å². The van der Waals surface area contributed by atoms with E-state index in [9.17, 15) is 9.59 Å². The van der Waals surface area contributed by atoms with Crippen molar-refractivity contribution in [3.63, 3.8) is 0 Å². The summed E-state index contributed by atoms with van der Waals surface area (Å²) in [5.74, 6) is -1.40. The van der Waals surface area contributed by atoms with Crippen LogP contribution in [0, 0.1) is 11.8 Å². The number of nitrogens with one attached hydrogen (secondary N) is 1. The number of hydrogen-bond donors (Lipinski definition) is 1. The van der Waals surface area contributed by atoms with E-state index in [1.165, 1.54) is 14.2 Å². The highest BCUT2D eigenvalue weighted by Crippen LogP contribution is 2.28. The summed E-state index contributed by atoms with van der Waals surface area (Å²) in [5.41, 5.74) is 0. The molecular formula is C14H24N2O4. The quantitative estimate of drug-likeness (QED) is 0.580. The number of esters is 2. The molecule has 2 rings (SSSR count). The van der Waals surface area contributed by atoms with E-state index in [0.717, 1.165) is 39.0 Å². The molecule has 2 heterocycles. The molecule has 2 unspecified atom stereocenters. The third kappa shape index (κ3) is 3.49. The van der Waals surface area contributed by atoms with E-state index in [1.54, 1.807) is 0 Å². The number of carbonyl (C=O) groups is 2. The normalized spacial score (nSPS) is 26.9. The van der Waals surface area contributed by atoms with Crippen molar-refractivity contribution in [3.05, 3.63) is 0 Å². The van der Waals surface area contributed by atoms with Crippen LogP contribution < -0.4 is 5.32 Å². The molecule has 0 amide bonds. The molecule has 2 saturated heterocycles. The van der Waals surface area contributed by atoms with Gasteiger partial charge in [-0.25, -0.2) is 0 Å². The molecule has 0 bridgehead atoms. The number of hydrogen-bond acceptors (Lipinski definition) is 6. The lowest BCUT2D eigenvalue weighted by Gasteiger charge is -2.43. The van der Waals surface area contributed by atoms with E-state index in [2.05, 4.69) is 10.2 Å². The maximum atomic E-state index is 11.7. The fraction of sp³-hybridized carbons (Fsp3) is 0.857. The first-order valence-corrected chi connectivity index (χ1v) is 7.26. The zero-order valence-corrected chi connectivity index (χ0v) is 12.3. The van der Waals surface area contributed by atoms with Crippen LogP contribution >= 0.6 is 0 Å². The van der Waals surface area contributed by atoms with Gasteiger partial charge < -0.3 is 14.8 Å². The summed E-state index contributed by atoms with van der Waals surface area (Å²) in [7, 11) is 2.62. The number of rotatable bonds is 4. The fourth-order valence-corrected chi connectivity index (χ4v) is 3.28. The van der Waals surface area contributed by atoms with Gasteiger partial charge in [0.1, 0.15) is 0 Å². The van der Waals surface area contributed by atoms with Crippen molar-refractivity contribution in [2.24, 2.45) is 11.8 Å². The Morgan fingerprint density at radius 2 is 1.95 bits per heavy atom. The van der Waals surface area contributed by atoms with E-state index in [4.69, 9.17) is 9.47 Å². The molecule has 0 aromatic heterocycles. The molecule has 2 fully saturated rings. The van der Waals surface area contributed by atoms with Gasteiger partial charge in [-0.3, -0.25) is 14.5 Å². The van der Waals surface area contributed by atoms with Gasteiger partial charge in [0.15, 0.2) is 5.92 Å². The number of ether oxygens (including phenoxy) is 2. The summed E-state index contributed by atoms with van der Waals surface area (Å²) in [4.78, 5) is 25.9. The Morgan fingerprint density at radius 1 is 1.25 bits per heavy atom. The highest BCUT2D eigenvalue weighted by molar-refractivity contribution is 5.94. The molecular weight excluding hydrogens is 260 g/mol. The molecule has 0 saturated carbocycles. The van der Waals surface area contributed by atoms with Gasteiger partial charge in [-0.05, 0) is 25.2 Å². The van der Waals surface area contributed by atoms with Crippen LogP contribution in [-0.4, -0.2) is 63.3 Å². The average molecular weight is 284 g/mol. The Morgan fingerprint density at radius 3 is 2.60 bits per heavy atom. The van der Waals surface area contributed by atoms with E-state index < -0.39 is 17.9 Å². The topological polar surface area (TPSA) is 67.9 Å². The Balaban J connectivity index is 1.93. The van der Waals surface area contributed by atoms with Crippen LogP contribution in [0.2, 0.25) is 0 Å². The van der Waals surface area contributed by atoms with Crippen LogP contribution in [0.1, 0.15) is 19.3 Å². The van der Waals surface area contributed by atoms with Crippen molar-refractivity contribution in [1.82, 2.24) is 10.2 Å². The lowest BCUT2D eigenvalue weighted by atomic mass is 9.85. The van der Waals surface area contributed by atoms with E-state index in [-0.39, 0.29) is 0 Å². The van der Waals surface area contributed by atoms with Crippen molar-refractivity contribution < 1.29 is 19.1 Å². The Labute approximate surface area is 119 Å². The average Bonchev–Trinajstić information content (AvgIpc) is 2.51. The van der Waals surface area contributed by atoms with Gasteiger partial charge >= 0.3 is 11.9 Å². The Kier molecular flexibility index (Phi) is 5.37. The highest BCUT2D eigenvalue weighted by atomic mass is 16.5. The molecule has 0 aromatic rings. The van der Waals surface area contributed by atoms with Crippen LogP contribution in [0.25, 0.3) is 0 Å².